The van der Waals surface area contributed by atoms with Crippen LogP contribution in [-0.4, -0.2) is 27.2 Å². The van der Waals surface area contributed by atoms with E-state index < -0.39 is 5.51 Å². The molecule has 8 heteroatoms. The third-order valence-electron chi connectivity index (χ3n) is 1.61. The summed E-state index contributed by atoms with van der Waals surface area (Å²) in [6.07, 6.45) is 0. The molecule has 0 radical (unpaired) electrons. The van der Waals surface area contributed by atoms with Crippen LogP contribution in [0.5, 0.6) is 0 Å². The molecule has 0 saturated heterocycles. The SMILES string of the molecule is Cc1nnc(C(C)SCCSC(F)(F)F)s1. The first-order valence-electron chi connectivity index (χ1n) is 4.51. The van der Waals surface area contributed by atoms with Gasteiger partial charge in [0.2, 0.25) is 0 Å². The van der Waals surface area contributed by atoms with Crippen LogP contribution < -0.4 is 0 Å². The summed E-state index contributed by atoms with van der Waals surface area (Å²) < 4.78 is 35.5. The molecule has 1 unspecified atom stereocenters. The fourth-order valence-electron chi connectivity index (χ4n) is 0.930. The molecule has 0 saturated carbocycles. The predicted octanol–water partition coefficient (Wildman–Crippen LogP) is 3.89. The minimum Gasteiger partial charge on any atom is -0.160 e. The van der Waals surface area contributed by atoms with Crippen LogP contribution in [0, 0.1) is 6.92 Å². The zero-order valence-electron chi connectivity index (χ0n) is 8.74. The maximum absolute atomic E-state index is 11.8. The minimum absolute atomic E-state index is 0.0225. The zero-order valence-corrected chi connectivity index (χ0v) is 11.2. The van der Waals surface area contributed by atoms with Crippen LogP contribution in [0.4, 0.5) is 13.2 Å². The molecule has 1 atom stereocenters. The molecule has 2 nitrogen and oxygen atoms in total. The number of nitrogens with zero attached hydrogens (tertiary/aromatic N) is 2. The Bertz CT molecular complexity index is 327. The van der Waals surface area contributed by atoms with Crippen LogP contribution in [-0.2, 0) is 0 Å². The van der Waals surface area contributed by atoms with E-state index in [0.717, 1.165) is 10.0 Å². The van der Waals surface area contributed by atoms with Gasteiger partial charge in [0.15, 0.2) is 0 Å². The molecule has 1 aromatic heterocycles. The second kappa shape index (κ2) is 6.11. The van der Waals surface area contributed by atoms with Crippen molar-refractivity contribution in [2.75, 3.05) is 11.5 Å². The first-order valence-corrected chi connectivity index (χ1v) is 7.36. The first-order chi connectivity index (χ1) is 7.38. The highest BCUT2D eigenvalue weighted by Crippen LogP contribution is 2.34. The monoisotopic (exact) mass is 288 g/mol. The molecule has 0 bridgehead atoms. The van der Waals surface area contributed by atoms with Gasteiger partial charge in [-0.25, -0.2) is 0 Å². The largest absolute Gasteiger partial charge is 0.441 e. The number of aryl methyl sites for hydroxylation is 1. The van der Waals surface area contributed by atoms with Crippen LogP contribution >= 0.6 is 34.9 Å². The van der Waals surface area contributed by atoms with Crippen LogP contribution in [0.15, 0.2) is 0 Å². The summed E-state index contributed by atoms with van der Waals surface area (Å²) in [4.78, 5) is 0. The summed E-state index contributed by atoms with van der Waals surface area (Å²) >= 11 is 2.98. The lowest BCUT2D eigenvalue weighted by Gasteiger charge is -2.08. The van der Waals surface area contributed by atoms with E-state index in [4.69, 9.17) is 0 Å². The van der Waals surface area contributed by atoms with E-state index in [1.807, 2.05) is 13.8 Å². The average Bonchev–Trinajstić information content (AvgIpc) is 2.57. The second-order valence-electron chi connectivity index (χ2n) is 2.97. The normalized spacial score (nSPS) is 14.1. The lowest BCUT2D eigenvalue weighted by atomic mass is 10.5. The Hall–Kier alpha value is 0.0500. The molecule has 92 valence electrons. The number of thioether (sulfide) groups is 2. The molecule has 0 amide bonds. The molecule has 0 aliphatic heterocycles. The molecule has 0 aliphatic carbocycles. The quantitative estimate of drug-likeness (QED) is 0.768. The van der Waals surface area contributed by atoms with Crippen molar-refractivity contribution in [1.82, 2.24) is 10.2 Å². The highest BCUT2D eigenvalue weighted by atomic mass is 32.2. The van der Waals surface area contributed by atoms with Gasteiger partial charge >= 0.3 is 5.51 Å². The summed E-state index contributed by atoms with van der Waals surface area (Å²) in [5, 5.41) is 9.70. The topological polar surface area (TPSA) is 25.8 Å². The van der Waals surface area contributed by atoms with Crippen LogP contribution in [0.3, 0.4) is 0 Å². The molecule has 1 rings (SSSR count). The van der Waals surface area contributed by atoms with Crippen molar-refractivity contribution in [3.8, 4) is 0 Å². The Morgan fingerprint density at radius 2 is 2.00 bits per heavy atom. The Balaban J connectivity index is 2.23. The number of halogens is 3. The molecule has 0 spiro atoms. The zero-order chi connectivity index (χ0) is 12.2. The standard InChI is InChI=1S/C8H11F3N2S3/c1-5(7-13-12-6(2)16-7)14-3-4-15-8(9,10)11/h5H,3-4H2,1-2H3. The molecule has 0 fully saturated rings. The van der Waals surface area contributed by atoms with Gasteiger partial charge in [-0.3, -0.25) is 0 Å². The van der Waals surface area contributed by atoms with Crippen LogP contribution in [0.1, 0.15) is 22.2 Å². The molecule has 1 heterocycles. The van der Waals surface area contributed by atoms with E-state index >= 15 is 0 Å². The number of hydrogen-bond donors (Lipinski definition) is 0. The molecule has 0 N–H and O–H groups in total. The van der Waals surface area contributed by atoms with Crippen molar-refractivity contribution in [3.05, 3.63) is 10.0 Å². The Kier molecular flexibility index (Phi) is 5.39. The molecular weight excluding hydrogens is 277 g/mol. The predicted molar refractivity (Wildman–Crippen MR) is 64.0 cm³/mol. The fraction of sp³-hybridized carbons (Fsp3) is 0.750. The van der Waals surface area contributed by atoms with Crippen molar-refractivity contribution in [3.63, 3.8) is 0 Å². The third kappa shape index (κ3) is 5.40. The molecule has 1 aromatic rings. The van der Waals surface area contributed by atoms with E-state index in [2.05, 4.69) is 10.2 Å². The van der Waals surface area contributed by atoms with E-state index in [9.17, 15) is 13.2 Å². The lowest BCUT2D eigenvalue weighted by molar-refractivity contribution is -0.0326. The van der Waals surface area contributed by atoms with Gasteiger partial charge in [0.25, 0.3) is 0 Å². The minimum atomic E-state index is -4.12. The van der Waals surface area contributed by atoms with Crippen LogP contribution in [0.2, 0.25) is 0 Å². The van der Waals surface area contributed by atoms with Gasteiger partial charge in [0.05, 0.1) is 5.25 Å². The molecule has 0 aromatic carbocycles. The molecular formula is C8H11F3N2S3. The maximum Gasteiger partial charge on any atom is 0.441 e. The summed E-state index contributed by atoms with van der Waals surface area (Å²) in [6.45, 7) is 3.79. The van der Waals surface area contributed by atoms with Gasteiger partial charge in [-0.2, -0.15) is 24.9 Å². The fourth-order valence-corrected chi connectivity index (χ4v) is 3.40. The number of alkyl halides is 3. The Morgan fingerprint density at radius 3 is 2.50 bits per heavy atom. The summed E-state index contributed by atoms with van der Waals surface area (Å²) in [5.74, 6) is 0.542. The van der Waals surface area contributed by atoms with Gasteiger partial charge in [-0.05, 0) is 13.8 Å². The number of aromatic nitrogens is 2. The molecule has 0 aliphatic rings. The second-order valence-corrected chi connectivity index (χ2v) is 6.79. The number of hydrogen-bond acceptors (Lipinski definition) is 5. The van der Waals surface area contributed by atoms with Crippen molar-refractivity contribution in [1.29, 1.82) is 0 Å². The first kappa shape index (κ1) is 14.1. The summed E-state index contributed by atoms with van der Waals surface area (Å²) in [7, 11) is 0. The maximum atomic E-state index is 11.8. The van der Waals surface area contributed by atoms with Gasteiger partial charge in [0.1, 0.15) is 10.0 Å². The smallest absolute Gasteiger partial charge is 0.160 e. The van der Waals surface area contributed by atoms with Crippen molar-refractivity contribution < 1.29 is 13.2 Å². The van der Waals surface area contributed by atoms with Gasteiger partial charge in [-0.1, -0.05) is 11.8 Å². The highest BCUT2D eigenvalue weighted by molar-refractivity contribution is 8.03. The Morgan fingerprint density at radius 1 is 1.31 bits per heavy atom. The molecule has 16 heavy (non-hydrogen) atoms. The van der Waals surface area contributed by atoms with E-state index in [-0.39, 0.29) is 22.8 Å². The van der Waals surface area contributed by atoms with Gasteiger partial charge < -0.3 is 0 Å². The van der Waals surface area contributed by atoms with Crippen LogP contribution in [0.25, 0.3) is 0 Å². The van der Waals surface area contributed by atoms with E-state index in [1.165, 1.54) is 23.1 Å². The number of rotatable bonds is 5. The highest BCUT2D eigenvalue weighted by Gasteiger charge is 2.27. The van der Waals surface area contributed by atoms with Gasteiger partial charge in [-0.15, -0.1) is 21.5 Å². The van der Waals surface area contributed by atoms with Crippen molar-refractivity contribution in [2.45, 2.75) is 24.6 Å². The lowest BCUT2D eigenvalue weighted by Crippen LogP contribution is -2.03. The van der Waals surface area contributed by atoms with Gasteiger partial charge in [0, 0.05) is 11.5 Å². The van der Waals surface area contributed by atoms with Crippen molar-refractivity contribution in [2.24, 2.45) is 0 Å². The van der Waals surface area contributed by atoms with E-state index in [1.54, 1.807) is 0 Å². The average molecular weight is 288 g/mol. The Labute approximate surface area is 104 Å². The van der Waals surface area contributed by atoms with Crippen molar-refractivity contribution >= 4 is 34.9 Å². The summed E-state index contributed by atoms with van der Waals surface area (Å²) in [6, 6.07) is 0. The summed E-state index contributed by atoms with van der Waals surface area (Å²) in [5.41, 5.74) is -4.12. The van der Waals surface area contributed by atoms with E-state index in [0.29, 0.717) is 5.75 Å². The third-order valence-corrected chi connectivity index (χ3v) is 4.93.